The molecule has 1 aliphatic carbocycles. The van der Waals surface area contributed by atoms with Gasteiger partial charge in [0.25, 0.3) is 5.91 Å². The first-order chi connectivity index (χ1) is 16.0. The van der Waals surface area contributed by atoms with E-state index in [0.29, 0.717) is 18.0 Å². The van der Waals surface area contributed by atoms with Crippen molar-refractivity contribution in [2.45, 2.75) is 50.7 Å². The van der Waals surface area contributed by atoms with E-state index < -0.39 is 27.6 Å². The molecule has 4 rings (SSSR count). The number of rotatable bonds is 7. The van der Waals surface area contributed by atoms with E-state index in [4.69, 9.17) is 16.3 Å². The molecular weight excluding hydrogens is 486 g/mol. The van der Waals surface area contributed by atoms with Crippen molar-refractivity contribution in [3.05, 3.63) is 63.7 Å². The lowest BCUT2D eigenvalue weighted by Crippen LogP contribution is -2.42. The number of hydrogen-bond acceptors (Lipinski definition) is 5. The molecule has 2 aliphatic rings. The Bertz CT molecular complexity index is 1200. The SMILES string of the molecule is C[C@@H](c1ccc(F)cc1Cl)N1CCC[C@@H](Oc2cc(C3CC3)cc(C(=O)NS(C)(=O)=O)c2F)C1. The molecule has 2 fully saturated rings. The molecule has 34 heavy (non-hydrogen) atoms. The number of amides is 1. The van der Waals surface area contributed by atoms with Gasteiger partial charge in [0, 0.05) is 17.6 Å². The summed E-state index contributed by atoms with van der Waals surface area (Å²) in [4.78, 5) is 14.6. The van der Waals surface area contributed by atoms with Gasteiger partial charge in [0.1, 0.15) is 11.9 Å². The number of carbonyl (C=O) groups is 1. The third-order valence-corrected chi connectivity index (χ3v) is 7.18. The fourth-order valence-electron chi connectivity index (χ4n) is 4.38. The van der Waals surface area contributed by atoms with Crippen LogP contribution in [0.15, 0.2) is 30.3 Å². The average Bonchev–Trinajstić information content (AvgIpc) is 3.59. The number of sulfonamides is 1. The van der Waals surface area contributed by atoms with Gasteiger partial charge in [-0.15, -0.1) is 0 Å². The third kappa shape index (κ3) is 5.87. The van der Waals surface area contributed by atoms with Crippen molar-refractivity contribution in [3.63, 3.8) is 0 Å². The molecule has 0 radical (unpaired) electrons. The first-order valence-corrected chi connectivity index (χ1v) is 13.5. The Balaban J connectivity index is 1.55. The smallest absolute Gasteiger partial charge is 0.267 e. The molecule has 1 N–H and O–H groups in total. The van der Waals surface area contributed by atoms with E-state index in [0.717, 1.165) is 43.2 Å². The molecule has 6 nitrogen and oxygen atoms in total. The van der Waals surface area contributed by atoms with Crippen LogP contribution in [0.4, 0.5) is 8.78 Å². The van der Waals surface area contributed by atoms with Gasteiger partial charge < -0.3 is 4.74 Å². The lowest BCUT2D eigenvalue weighted by molar-refractivity contribution is 0.0630. The van der Waals surface area contributed by atoms with Gasteiger partial charge >= 0.3 is 0 Å². The van der Waals surface area contributed by atoms with Crippen LogP contribution in [0.2, 0.25) is 5.02 Å². The second-order valence-electron chi connectivity index (χ2n) is 9.08. The fraction of sp³-hybridized carbons (Fsp3) is 0.458. The monoisotopic (exact) mass is 512 g/mol. The molecule has 1 saturated heterocycles. The molecule has 1 saturated carbocycles. The Labute approximate surface area is 203 Å². The van der Waals surface area contributed by atoms with Crippen molar-refractivity contribution in [2.75, 3.05) is 19.3 Å². The minimum absolute atomic E-state index is 0.0534. The normalized spacial score (nSPS) is 20.1. The highest BCUT2D eigenvalue weighted by Crippen LogP contribution is 2.42. The number of nitrogens with zero attached hydrogens (tertiary/aromatic N) is 1. The predicted octanol–water partition coefficient (Wildman–Crippen LogP) is 4.79. The van der Waals surface area contributed by atoms with E-state index in [2.05, 4.69) is 4.90 Å². The second-order valence-corrected chi connectivity index (χ2v) is 11.2. The predicted molar refractivity (Wildman–Crippen MR) is 126 cm³/mol. The minimum atomic E-state index is -3.84. The molecule has 0 bridgehead atoms. The lowest BCUT2D eigenvalue weighted by atomic mass is 10.0. The van der Waals surface area contributed by atoms with Crippen molar-refractivity contribution in [3.8, 4) is 5.75 Å². The Morgan fingerprint density at radius 1 is 1.21 bits per heavy atom. The van der Waals surface area contributed by atoms with Crippen molar-refractivity contribution < 1.29 is 26.7 Å². The topological polar surface area (TPSA) is 75.7 Å². The zero-order valence-corrected chi connectivity index (χ0v) is 20.6. The van der Waals surface area contributed by atoms with Gasteiger partial charge in [-0.2, -0.15) is 0 Å². The largest absolute Gasteiger partial charge is 0.486 e. The lowest BCUT2D eigenvalue weighted by Gasteiger charge is -2.37. The van der Waals surface area contributed by atoms with E-state index in [1.807, 2.05) is 11.6 Å². The van der Waals surface area contributed by atoms with Gasteiger partial charge in [-0.25, -0.2) is 21.9 Å². The Hall–Kier alpha value is -2.23. The molecule has 2 aromatic carbocycles. The van der Waals surface area contributed by atoms with E-state index in [1.165, 1.54) is 18.2 Å². The first-order valence-electron chi connectivity index (χ1n) is 11.2. The molecule has 10 heteroatoms. The van der Waals surface area contributed by atoms with Crippen LogP contribution in [-0.4, -0.2) is 44.7 Å². The zero-order valence-electron chi connectivity index (χ0n) is 19.0. The maximum Gasteiger partial charge on any atom is 0.267 e. The van der Waals surface area contributed by atoms with Crippen molar-refractivity contribution in [1.82, 2.24) is 9.62 Å². The van der Waals surface area contributed by atoms with Gasteiger partial charge in [-0.1, -0.05) is 17.7 Å². The Morgan fingerprint density at radius 2 is 1.94 bits per heavy atom. The van der Waals surface area contributed by atoms with Crippen LogP contribution >= 0.6 is 11.6 Å². The van der Waals surface area contributed by atoms with Gasteiger partial charge in [0.05, 0.1) is 11.8 Å². The maximum atomic E-state index is 15.3. The number of piperidine rings is 1. The minimum Gasteiger partial charge on any atom is -0.486 e. The van der Waals surface area contributed by atoms with E-state index in [-0.39, 0.29) is 29.4 Å². The van der Waals surface area contributed by atoms with Crippen LogP contribution < -0.4 is 9.46 Å². The van der Waals surface area contributed by atoms with E-state index in [1.54, 1.807) is 12.1 Å². The molecular formula is C24H27ClF2N2O4S. The van der Waals surface area contributed by atoms with Crippen molar-refractivity contribution in [2.24, 2.45) is 0 Å². The molecule has 0 unspecified atom stereocenters. The summed E-state index contributed by atoms with van der Waals surface area (Å²) in [6.45, 7) is 3.25. The number of halogens is 3. The quantitative estimate of drug-likeness (QED) is 0.577. The first kappa shape index (κ1) is 24.9. The van der Waals surface area contributed by atoms with E-state index in [9.17, 15) is 17.6 Å². The summed E-state index contributed by atoms with van der Waals surface area (Å²) in [6.07, 6.45) is 3.84. The summed E-state index contributed by atoms with van der Waals surface area (Å²) in [6, 6.07) is 7.25. The zero-order chi connectivity index (χ0) is 24.6. The summed E-state index contributed by atoms with van der Waals surface area (Å²) in [5.74, 6) is -2.14. The van der Waals surface area contributed by atoms with E-state index >= 15 is 4.39 Å². The molecule has 1 heterocycles. The summed E-state index contributed by atoms with van der Waals surface area (Å²) in [7, 11) is -3.84. The molecule has 0 aromatic heterocycles. The van der Waals surface area contributed by atoms with Gasteiger partial charge in [0.15, 0.2) is 11.6 Å². The number of benzene rings is 2. The van der Waals surface area contributed by atoms with Crippen LogP contribution in [0.25, 0.3) is 0 Å². The molecule has 1 aliphatic heterocycles. The molecule has 2 atom stereocenters. The van der Waals surface area contributed by atoms with Crippen molar-refractivity contribution in [1.29, 1.82) is 0 Å². The standard InChI is InChI=1S/C24H27ClF2N2O4S/c1-14(19-8-7-17(26)12-21(19)25)29-9-3-4-18(13-29)33-22-11-16(15-5-6-15)10-20(23(22)27)24(30)28-34(2,31)32/h7-8,10-12,14-15,18H,3-6,9,13H2,1-2H3,(H,28,30)/t14-,18+/m0/s1. The highest BCUT2D eigenvalue weighted by Gasteiger charge is 2.31. The van der Waals surface area contributed by atoms with Crippen LogP contribution in [0.5, 0.6) is 5.75 Å². The summed E-state index contributed by atoms with van der Waals surface area (Å²) >= 11 is 6.25. The fourth-order valence-corrected chi connectivity index (χ4v) is 5.15. The highest BCUT2D eigenvalue weighted by atomic mass is 35.5. The Morgan fingerprint density at radius 3 is 2.59 bits per heavy atom. The van der Waals surface area contributed by atoms with Gasteiger partial charge in [0.2, 0.25) is 10.0 Å². The Kier molecular flexibility index (Phi) is 7.17. The highest BCUT2D eigenvalue weighted by molar-refractivity contribution is 7.89. The molecule has 1 amide bonds. The second kappa shape index (κ2) is 9.79. The number of nitrogens with one attached hydrogen (secondary N) is 1. The third-order valence-electron chi connectivity index (χ3n) is 6.30. The number of likely N-dealkylation sites (tertiary alicyclic amines) is 1. The van der Waals surface area contributed by atoms with Gasteiger partial charge in [-0.3, -0.25) is 9.69 Å². The van der Waals surface area contributed by atoms with Crippen LogP contribution in [0, 0.1) is 11.6 Å². The number of ether oxygens (including phenoxy) is 1. The molecule has 0 spiro atoms. The molecule has 2 aromatic rings. The molecule has 184 valence electrons. The summed E-state index contributed by atoms with van der Waals surface area (Å²) in [5, 5.41) is 0.347. The average molecular weight is 513 g/mol. The number of hydrogen-bond donors (Lipinski definition) is 1. The maximum absolute atomic E-state index is 15.3. The van der Waals surface area contributed by atoms with Crippen LogP contribution in [-0.2, 0) is 10.0 Å². The van der Waals surface area contributed by atoms with Crippen LogP contribution in [0.3, 0.4) is 0 Å². The van der Waals surface area contributed by atoms with Crippen LogP contribution in [0.1, 0.15) is 66.1 Å². The number of carbonyl (C=O) groups excluding carboxylic acids is 1. The van der Waals surface area contributed by atoms with Crippen molar-refractivity contribution >= 4 is 27.5 Å². The van der Waals surface area contributed by atoms with Gasteiger partial charge in [-0.05, 0) is 80.5 Å². The summed E-state index contributed by atoms with van der Waals surface area (Å²) < 4.78 is 59.6. The summed E-state index contributed by atoms with van der Waals surface area (Å²) in [5.41, 5.74) is 1.21.